The Balaban J connectivity index is 2.31. The van der Waals surface area contributed by atoms with Gasteiger partial charge in [-0.3, -0.25) is 0 Å². The van der Waals surface area contributed by atoms with Gasteiger partial charge in [-0.2, -0.15) is 0 Å². The highest BCUT2D eigenvalue weighted by atomic mass is 35.5. The molecule has 2 N–H and O–H groups in total. The molecule has 0 amide bonds. The minimum atomic E-state index is -0.956. The summed E-state index contributed by atoms with van der Waals surface area (Å²) in [5.74, 6) is -0.956. The molecule has 1 unspecified atom stereocenters. The monoisotopic (exact) mass is 282 g/mol. The SMILES string of the molecule is Cc1ncsc1C(Nc1ccccc1Cl)C(=O)O. The fourth-order valence-electron chi connectivity index (χ4n) is 1.56. The number of hydrogen-bond donors (Lipinski definition) is 2. The van der Waals surface area contributed by atoms with Crippen LogP contribution in [0.2, 0.25) is 5.02 Å². The molecule has 4 nitrogen and oxygen atoms in total. The van der Waals surface area contributed by atoms with Crippen molar-refractivity contribution in [2.45, 2.75) is 13.0 Å². The Bertz CT molecular complexity index is 571. The van der Waals surface area contributed by atoms with Crippen LogP contribution in [0, 0.1) is 6.92 Å². The summed E-state index contributed by atoms with van der Waals surface area (Å²) >= 11 is 7.32. The first-order valence-electron chi connectivity index (χ1n) is 5.23. The van der Waals surface area contributed by atoms with Crippen LogP contribution in [0.1, 0.15) is 16.6 Å². The normalized spacial score (nSPS) is 12.1. The largest absolute Gasteiger partial charge is 0.479 e. The molecule has 18 heavy (non-hydrogen) atoms. The van der Waals surface area contributed by atoms with Crippen molar-refractivity contribution in [3.05, 3.63) is 45.4 Å². The van der Waals surface area contributed by atoms with Gasteiger partial charge in [-0.15, -0.1) is 11.3 Å². The molecule has 1 heterocycles. The third kappa shape index (κ3) is 2.63. The molecule has 0 aliphatic carbocycles. The van der Waals surface area contributed by atoms with Crippen molar-refractivity contribution in [3.63, 3.8) is 0 Å². The maximum absolute atomic E-state index is 11.3. The van der Waals surface area contributed by atoms with Gasteiger partial charge in [0.1, 0.15) is 0 Å². The first kappa shape index (κ1) is 12.9. The molecule has 94 valence electrons. The predicted molar refractivity (Wildman–Crippen MR) is 72.3 cm³/mol. The molecule has 0 fully saturated rings. The van der Waals surface area contributed by atoms with Crippen LogP contribution in [0.15, 0.2) is 29.8 Å². The molecule has 0 aliphatic heterocycles. The zero-order chi connectivity index (χ0) is 13.1. The molecule has 1 aromatic carbocycles. The van der Waals surface area contributed by atoms with Crippen molar-refractivity contribution in [1.29, 1.82) is 0 Å². The van der Waals surface area contributed by atoms with Crippen LogP contribution in [0.5, 0.6) is 0 Å². The number of carbonyl (C=O) groups is 1. The highest BCUT2D eigenvalue weighted by Gasteiger charge is 2.24. The van der Waals surface area contributed by atoms with Gasteiger partial charge >= 0.3 is 5.97 Å². The summed E-state index contributed by atoms with van der Waals surface area (Å²) < 4.78 is 0. The number of aryl methyl sites for hydroxylation is 1. The Morgan fingerprint density at radius 3 is 2.78 bits per heavy atom. The van der Waals surface area contributed by atoms with Gasteiger partial charge in [0.25, 0.3) is 0 Å². The van der Waals surface area contributed by atoms with E-state index < -0.39 is 12.0 Å². The standard InChI is InChI=1S/C12H11ClN2O2S/c1-7-11(18-6-14-7)10(12(16)17)15-9-5-3-2-4-8(9)13/h2-6,10,15H,1H3,(H,16,17). The molecule has 0 saturated carbocycles. The van der Waals surface area contributed by atoms with Crippen LogP contribution >= 0.6 is 22.9 Å². The van der Waals surface area contributed by atoms with Crippen molar-refractivity contribution in [3.8, 4) is 0 Å². The number of carboxylic acids is 1. The number of carboxylic acid groups (broad SMARTS) is 1. The molecule has 1 aromatic heterocycles. The van der Waals surface area contributed by atoms with E-state index in [4.69, 9.17) is 11.6 Å². The molecular formula is C12H11ClN2O2S. The molecule has 0 bridgehead atoms. The summed E-state index contributed by atoms with van der Waals surface area (Å²) in [6, 6.07) is 6.21. The van der Waals surface area contributed by atoms with Gasteiger partial charge in [0.05, 0.1) is 26.8 Å². The number of hydrogen-bond acceptors (Lipinski definition) is 4. The predicted octanol–water partition coefficient (Wildman–Crippen LogP) is 3.34. The van der Waals surface area contributed by atoms with E-state index in [0.29, 0.717) is 21.3 Å². The first-order valence-corrected chi connectivity index (χ1v) is 6.49. The van der Waals surface area contributed by atoms with Crippen LogP contribution in [0.25, 0.3) is 0 Å². The van der Waals surface area contributed by atoms with Crippen molar-refractivity contribution in [1.82, 2.24) is 4.98 Å². The molecule has 2 rings (SSSR count). The zero-order valence-electron chi connectivity index (χ0n) is 9.55. The number of nitrogens with one attached hydrogen (secondary N) is 1. The van der Waals surface area contributed by atoms with Crippen molar-refractivity contribution < 1.29 is 9.90 Å². The zero-order valence-corrected chi connectivity index (χ0v) is 11.1. The van der Waals surface area contributed by atoms with Crippen LogP contribution in [0.3, 0.4) is 0 Å². The van der Waals surface area contributed by atoms with Crippen molar-refractivity contribution in [2.75, 3.05) is 5.32 Å². The Hall–Kier alpha value is -1.59. The number of thiazole rings is 1. The summed E-state index contributed by atoms with van der Waals surface area (Å²) in [5.41, 5.74) is 2.95. The number of rotatable bonds is 4. The van der Waals surface area contributed by atoms with Gasteiger partial charge in [-0.25, -0.2) is 9.78 Å². The number of para-hydroxylation sites is 1. The highest BCUT2D eigenvalue weighted by molar-refractivity contribution is 7.10. The highest BCUT2D eigenvalue weighted by Crippen LogP contribution is 2.29. The average Bonchev–Trinajstić information content (AvgIpc) is 2.74. The van der Waals surface area contributed by atoms with Crippen LogP contribution in [-0.2, 0) is 4.79 Å². The number of aromatic nitrogens is 1. The molecular weight excluding hydrogens is 272 g/mol. The second-order valence-corrected chi connectivity index (χ2v) is 4.99. The van der Waals surface area contributed by atoms with Crippen LogP contribution in [0.4, 0.5) is 5.69 Å². The number of nitrogens with zero attached hydrogens (tertiary/aromatic N) is 1. The Kier molecular flexibility index (Phi) is 3.84. The van der Waals surface area contributed by atoms with Gasteiger partial charge in [0.15, 0.2) is 6.04 Å². The number of anilines is 1. The third-order valence-corrected chi connectivity index (χ3v) is 3.79. The van der Waals surface area contributed by atoms with Gasteiger partial charge in [0.2, 0.25) is 0 Å². The lowest BCUT2D eigenvalue weighted by atomic mass is 10.2. The molecule has 6 heteroatoms. The third-order valence-electron chi connectivity index (χ3n) is 2.47. The van der Waals surface area contributed by atoms with Crippen LogP contribution in [-0.4, -0.2) is 16.1 Å². The van der Waals surface area contributed by atoms with Gasteiger partial charge in [0, 0.05) is 0 Å². The van der Waals surface area contributed by atoms with E-state index in [2.05, 4.69) is 10.3 Å². The Morgan fingerprint density at radius 2 is 2.22 bits per heavy atom. The minimum absolute atomic E-state index is 0.492. The number of aliphatic carboxylic acids is 1. The fraction of sp³-hybridized carbons (Fsp3) is 0.167. The summed E-state index contributed by atoms with van der Waals surface area (Å²) in [4.78, 5) is 16.1. The quantitative estimate of drug-likeness (QED) is 0.903. The minimum Gasteiger partial charge on any atom is -0.479 e. The van der Waals surface area contributed by atoms with Crippen molar-refractivity contribution in [2.24, 2.45) is 0 Å². The Morgan fingerprint density at radius 1 is 1.50 bits per heavy atom. The molecule has 2 aromatic rings. The maximum atomic E-state index is 11.3. The smallest absolute Gasteiger partial charge is 0.331 e. The van der Waals surface area contributed by atoms with Gasteiger partial charge < -0.3 is 10.4 Å². The Labute approximate surface area is 113 Å². The summed E-state index contributed by atoms with van der Waals surface area (Å²) in [6.45, 7) is 1.79. The topological polar surface area (TPSA) is 62.2 Å². The molecule has 0 spiro atoms. The molecule has 0 aliphatic rings. The average molecular weight is 283 g/mol. The summed E-state index contributed by atoms with van der Waals surface area (Å²) in [6.07, 6.45) is 0. The lowest BCUT2D eigenvalue weighted by molar-refractivity contribution is -0.138. The maximum Gasteiger partial charge on any atom is 0.331 e. The van der Waals surface area contributed by atoms with E-state index in [0.717, 1.165) is 0 Å². The van der Waals surface area contributed by atoms with E-state index in [1.165, 1.54) is 11.3 Å². The lowest BCUT2D eigenvalue weighted by Gasteiger charge is -2.15. The summed E-state index contributed by atoms with van der Waals surface area (Å²) in [7, 11) is 0. The second-order valence-electron chi connectivity index (χ2n) is 3.70. The molecule has 0 radical (unpaired) electrons. The van der Waals surface area contributed by atoms with E-state index in [1.807, 2.05) is 0 Å². The summed E-state index contributed by atoms with van der Waals surface area (Å²) in [5, 5.41) is 12.7. The molecule has 1 atom stereocenters. The molecule has 0 saturated heterocycles. The van der Waals surface area contributed by atoms with E-state index in [9.17, 15) is 9.90 Å². The van der Waals surface area contributed by atoms with Crippen LogP contribution < -0.4 is 5.32 Å². The number of halogens is 1. The van der Waals surface area contributed by atoms with E-state index in [1.54, 1.807) is 36.7 Å². The van der Waals surface area contributed by atoms with E-state index >= 15 is 0 Å². The first-order chi connectivity index (χ1) is 8.59. The second kappa shape index (κ2) is 5.37. The van der Waals surface area contributed by atoms with Gasteiger partial charge in [-0.05, 0) is 19.1 Å². The lowest BCUT2D eigenvalue weighted by Crippen LogP contribution is -2.20. The van der Waals surface area contributed by atoms with Gasteiger partial charge in [-0.1, -0.05) is 23.7 Å². The van der Waals surface area contributed by atoms with Crippen molar-refractivity contribution >= 4 is 34.6 Å². The fourth-order valence-corrected chi connectivity index (χ4v) is 2.59. The number of benzene rings is 1. The van der Waals surface area contributed by atoms with E-state index in [-0.39, 0.29) is 0 Å².